The van der Waals surface area contributed by atoms with Crippen molar-refractivity contribution >= 4 is 0 Å². The molecule has 0 unspecified atom stereocenters. The summed E-state index contributed by atoms with van der Waals surface area (Å²) in [5, 5.41) is 0. The van der Waals surface area contributed by atoms with E-state index in [2.05, 4.69) is 0 Å². The van der Waals surface area contributed by atoms with Crippen molar-refractivity contribution in [2.45, 2.75) is 6.54 Å². The van der Waals surface area contributed by atoms with Crippen LogP contribution in [-0.2, 0) is 6.54 Å². The van der Waals surface area contributed by atoms with Crippen molar-refractivity contribution in [2.75, 3.05) is 21.3 Å². The molecule has 1 rings (SSSR count). The number of methoxy groups -OCH3 is 3. The van der Waals surface area contributed by atoms with Crippen LogP contribution in [0.4, 0.5) is 0 Å². The lowest BCUT2D eigenvalue weighted by atomic mass is 10.2. The Labute approximate surface area is 83.6 Å². The maximum Gasteiger partial charge on any atom is 0.203 e. The molecule has 1 aromatic rings. The standard InChI is InChI=1S/C10H14NO3/c1-12-8-4-7(6-11)5-9(13-2)10(8)14-3/h4-5,11H,6H2,1-3H3. The molecule has 0 heterocycles. The lowest BCUT2D eigenvalue weighted by Gasteiger charge is -2.13. The van der Waals surface area contributed by atoms with E-state index in [1.165, 1.54) is 0 Å². The van der Waals surface area contributed by atoms with Gasteiger partial charge in [0, 0.05) is 6.54 Å². The topological polar surface area (TPSA) is 51.5 Å². The Balaban J connectivity index is 3.24. The Morgan fingerprint density at radius 2 is 1.50 bits per heavy atom. The van der Waals surface area contributed by atoms with E-state index in [-0.39, 0.29) is 6.54 Å². The van der Waals surface area contributed by atoms with Gasteiger partial charge in [-0.3, -0.25) is 5.73 Å². The van der Waals surface area contributed by atoms with E-state index >= 15 is 0 Å². The molecule has 77 valence electrons. The molecule has 0 amide bonds. The number of nitrogens with one attached hydrogen (secondary N) is 1. The highest BCUT2D eigenvalue weighted by Gasteiger charge is 2.12. The van der Waals surface area contributed by atoms with E-state index in [4.69, 9.17) is 19.9 Å². The van der Waals surface area contributed by atoms with Crippen LogP contribution in [0.15, 0.2) is 12.1 Å². The minimum Gasteiger partial charge on any atom is -0.493 e. The van der Waals surface area contributed by atoms with Gasteiger partial charge in [0.2, 0.25) is 5.75 Å². The first-order chi connectivity index (χ1) is 6.76. The maximum absolute atomic E-state index is 7.26. The molecule has 4 heteroatoms. The van der Waals surface area contributed by atoms with Gasteiger partial charge >= 0.3 is 0 Å². The van der Waals surface area contributed by atoms with Crippen LogP contribution in [0.25, 0.3) is 0 Å². The molecule has 0 atom stereocenters. The second kappa shape index (κ2) is 4.72. The second-order valence-electron chi connectivity index (χ2n) is 2.71. The fourth-order valence-electron chi connectivity index (χ4n) is 1.24. The molecule has 1 N–H and O–H groups in total. The van der Waals surface area contributed by atoms with E-state index in [0.717, 1.165) is 5.56 Å². The fraction of sp³-hybridized carbons (Fsp3) is 0.400. The van der Waals surface area contributed by atoms with Crippen molar-refractivity contribution in [3.05, 3.63) is 17.7 Å². The zero-order valence-corrected chi connectivity index (χ0v) is 8.59. The minimum absolute atomic E-state index is 0.191. The Bertz CT molecular complexity index is 287. The highest BCUT2D eigenvalue weighted by Crippen LogP contribution is 2.37. The van der Waals surface area contributed by atoms with Gasteiger partial charge in [0.15, 0.2) is 11.5 Å². The van der Waals surface area contributed by atoms with Crippen LogP contribution in [0.3, 0.4) is 0 Å². The third kappa shape index (κ3) is 1.90. The van der Waals surface area contributed by atoms with Crippen LogP contribution >= 0.6 is 0 Å². The van der Waals surface area contributed by atoms with Gasteiger partial charge in [0.1, 0.15) is 0 Å². The zero-order chi connectivity index (χ0) is 10.6. The lowest BCUT2D eigenvalue weighted by molar-refractivity contribution is 0.324. The Hall–Kier alpha value is -1.42. The van der Waals surface area contributed by atoms with Crippen molar-refractivity contribution < 1.29 is 14.2 Å². The third-order valence-electron chi connectivity index (χ3n) is 1.93. The van der Waals surface area contributed by atoms with E-state index in [1.807, 2.05) is 0 Å². The summed E-state index contributed by atoms with van der Waals surface area (Å²) in [7, 11) is 4.68. The molecule has 0 aliphatic carbocycles. The summed E-state index contributed by atoms with van der Waals surface area (Å²) < 4.78 is 15.4. The van der Waals surface area contributed by atoms with E-state index in [9.17, 15) is 0 Å². The van der Waals surface area contributed by atoms with Crippen LogP contribution in [0, 0.1) is 0 Å². The van der Waals surface area contributed by atoms with Gasteiger partial charge in [-0.15, -0.1) is 0 Å². The molecule has 1 aromatic carbocycles. The summed E-state index contributed by atoms with van der Waals surface area (Å²) in [5.74, 6) is 1.75. The summed E-state index contributed by atoms with van der Waals surface area (Å²) in [6.45, 7) is 0.191. The molecule has 1 radical (unpaired) electrons. The summed E-state index contributed by atoms with van der Waals surface area (Å²) in [5.41, 5.74) is 8.10. The molecule has 0 aliphatic heterocycles. The lowest BCUT2D eigenvalue weighted by Crippen LogP contribution is -1.97. The van der Waals surface area contributed by atoms with Gasteiger partial charge in [-0.1, -0.05) is 0 Å². The van der Waals surface area contributed by atoms with Crippen molar-refractivity contribution in [3.8, 4) is 17.2 Å². The largest absolute Gasteiger partial charge is 0.493 e. The average Bonchev–Trinajstić information content (AvgIpc) is 2.26. The summed E-state index contributed by atoms with van der Waals surface area (Å²) in [6, 6.07) is 3.54. The molecular weight excluding hydrogens is 182 g/mol. The van der Waals surface area contributed by atoms with E-state index < -0.39 is 0 Å². The van der Waals surface area contributed by atoms with Crippen LogP contribution in [0.2, 0.25) is 0 Å². The smallest absolute Gasteiger partial charge is 0.203 e. The second-order valence-corrected chi connectivity index (χ2v) is 2.71. The monoisotopic (exact) mass is 196 g/mol. The number of benzene rings is 1. The maximum atomic E-state index is 7.26. The zero-order valence-electron chi connectivity index (χ0n) is 8.59. The molecule has 0 bridgehead atoms. The first-order valence-electron chi connectivity index (χ1n) is 4.20. The molecule has 0 spiro atoms. The molecule has 4 nitrogen and oxygen atoms in total. The quantitative estimate of drug-likeness (QED) is 0.733. The van der Waals surface area contributed by atoms with Crippen LogP contribution in [0.5, 0.6) is 17.2 Å². The van der Waals surface area contributed by atoms with Crippen molar-refractivity contribution in [3.63, 3.8) is 0 Å². The molecule has 0 saturated heterocycles. The van der Waals surface area contributed by atoms with Gasteiger partial charge in [0.05, 0.1) is 21.3 Å². The minimum atomic E-state index is 0.191. The van der Waals surface area contributed by atoms with Gasteiger partial charge < -0.3 is 14.2 Å². The SMILES string of the molecule is COc1cc(C[NH])cc(OC)c1OC. The van der Waals surface area contributed by atoms with Crippen LogP contribution < -0.4 is 19.9 Å². The predicted octanol–water partition coefficient (Wildman–Crippen LogP) is 1.50. The first kappa shape index (κ1) is 10.7. The average molecular weight is 196 g/mol. The van der Waals surface area contributed by atoms with Gasteiger partial charge in [-0.05, 0) is 17.7 Å². The normalized spacial score (nSPS) is 9.71. The molecule has 14 heavy (non-hydrogen) atoms. The first-order valence-corrected chi connectivity index (χ1v) is 4.20. The van der Waals surface area contributed by atoms with Gasteiger partial charge in [-0.2, -0.15) is 0 Å². The Morgan fingerprint density at radius 3 is 1.79 bits per heavy atom. The summed E-state index contributed by atoms with van der Waals surface area (Å²) >= 11 is 0. The molecular formula is C10H14NO3. The molecule has 0 aliphatic rings. The summed E-state index contributed by atoms with van der Waals surface area (Å²) in [4.78, 5) is 0. The molecule has 0 saturated carbocycles. The van der Waals surface area contributed by atoms with Crippen molar-refractivity contribution in [2.24, 2.45) is 0 Å². The predicted molar refractivity (Wildman–Crippen MR) is 52.9 cm³/mol. The van der Waals surface area contributed by atoms with E-state index in [0.29, 0.717) is 17.2 Å². The Morgan fingerprint density at radius 1 is 1.00 bits per heavy atom. The van der Waals surface area contributed by atoms with Gasteiger partial charge in [0.25, 0.3) is 0 Å². The fourth-order valence-corrected chi connectivity index (χ4v) is 1.24. The number of rotatable bonds is 4. The van der Waals surface area contributed by atoms with Crippen molar-refractivity contribution in [1.82, 2.24) is 5.73 Å². The van der Waals surface area contributed by atoms with Crippen LogP contribution in [0.1, 0.15) is 5.56 Å². The van der Waals surface area contributed by atoms with E-state index in [1.54, 1.807) is 33.5 Å². The number of ether oxygens (including phenoxy) is 3. The highest BCUT2D eigenvalue weighted by atomic mass is 16.5. The highest BCUT2D eigenvalue weighted by molar-refractivity contribution is 5.53. The summed E-state index contributed by atoms with van der Waals surface area (Å²) in [6.07, 6.45) is 0. The van der Waals surface area contributed by atoms with Crippen LogP contribution in [-0.4, -0.2) is 21.3 Å². The molecule has 0 aromatic heterocycles. The van der Waals surface area contributed by atoms with Gasteiger partial charge in [-0.25, -0.2) is 0 Å². The Kier molecular flexibility index (Phi) is 3.59. The van der Waals surface area contributed by atoms with Crippen molar-refractivity contribution in [1.29, 1.82) is 0 Å². The molecule has 0 fully saturated rings. The number of hydrogen-bond donors (Lipinski definition) is 0. The third-order valence-corrected chi connectivity index (χ3v) is 1.93. The number of hydrogen-bond acceptors (Lipinski definition) is 3.